The van der Waals surface area contributed by atoms with E-state index in [0.717, 1.165) is 12.3 Å². The van der Waals surface area contributed by atoms with Crippen molar-refractivity contribution in [3.63, 3.8) is 0 Å². The summed E-state index contributed by atoms with van der Waals surface area (Å²) in [7, 11) is 0. The number of aromatic amines is 1. The molecule has 8 heteroatoms. The van der Waals surface area contributed by atoms with Crippen LogP contribution in [0.1, 0.15) is 16.1 Å². The molecule has 1 N–H and O–H groups in total. The quantitative estimate of drug-likeness (QED) is 0.665. The van der Waals surface area contributed by atoms with E-state index in [1.54, 1.807) is 5.10 Å². The molecule has 0 aliphatic carbocycles. The van der Waals surface area contributed by atoms with Gasteiger partial charge in [-0.25, -0.2) is 4.39 Å². The molecule has 0 saturated heterocycles. The third-order valence-corrected chi connectivity index (χ3v) is 2.12. The topological polar surface area (TPSA) is 58.6 Å². The lowest BCUT2D eigenvalue weighted by Gasteiger charge is -2.00. The lowest BCUT2D eigenvalue weighted by atomic mass is 10.2. The van der Waals surface area contributed by atoms with Crippen LogP contribution in [0.15, 0.2) is 18.3 Å². The molecule has 4 nitrogen and oxygen atoms in total. The minimum Gasteiger partial charge on any atom is -0.298 e. The van der Waals surface area contributed by atoms with Crippen molar-refractivity contribution in [2.75, 3.05) is 0 Å². The number of nitrogens with one attached hydrogen (secondary N) is 1. The van der Waals surface area contributed by atoms with Gasteiger partial charge in [0, 0.05) is 11.8 Å². The van der Waals surface area contributed by atoms with E-state index < -0.39 is 17.7 Å². The number of aromatic nitrogens is 3. The summed E-state index contributed by atoms with van der Waals surface area (Å²) < 4.78 is 50.4. The maximum atomic E-state index is 13.5. The molecule has 0 amide bonds. The van der Waals surface area contributed by atoms with E-state index in [4.69, 9.17) is 0 Å². The van der Waals surface area contributed by atoms with Crippen LogP contribution in [-0.4, -0.2) is 21.5 Å². The van der Waals surface area contributed by atoms with Gasteiger partial charge in [0.05, 0.1) is 0 Å². The fraction of sp³-hybridized carbons (Fsp3) is 0.100. The number of hydrogen-bond acceptors (Lipinski definition) is 3. The van der Waals surface area contributed by atoms with E-state index in [-0.39, 0.29) is 17.0 Å². The van der Waals surface area contributed by atoms with Crippen LogP contribution in [0.25, 0.3) is 11.4 Å². The zero-order chi connectivity index (χ0) is 13.3. The van der Waals surface area contributed by atoms with Gasteiger partial charge >= 0.3 is 6.18 Å². The summed E-state index contributed by atoms with van der Waals surface area (Å²) in [5.41, 5.74) is -1.74. The highest BCUT2D eigenvalue weighted by atomic mass is 19.4. The molecule has 0 aromatic carbocycles. The summed E-state index contributed by atoms with van der Waals surface area (Å²) in [5, 5.41) is 5.08. The van der Waals surface area contributed by atoms with E-state index in [1.807, 2.05) is 0 Å². The number of carbonyl (C=O) groups is 1. The van der Waals surface area contributed by atoms with Crippen molar-refractivity contribution < 1.29 is 22.4 Å². The molecular weight excluding hydrogens is 254 g/mol. The smallest absolute Gasteiger partial charge is 0.298 e. The molecule has 0 radical (unpaired) electrons. The number of alkyl halides is 3. The van der Waals surface area contributed by atoms with Crippen molar-refractivity contribution in [3.8, 4) is 11.4 Å². The predicted octanol–water partition coefficient (Wildman–Crippen LogP) is 2.44. The van der Waals surface area contributed by atoms with Crippen LogP contribution in [-0.2, 0) is 6.18 Å². The summed E-state index contributed by atoms with van der Waals surface area (Å²) >= 11 is 0. The summed E-state index contributed by atoms with van der Waals surface area (Å²) in [6.45, 7) is 0. The van der Waals surface area contributed by atoms with Crippen LogP contribution in [0.4, 0.5) is 17.6 Å². The first-order valence-corrected chi connectivity index (χ1v) is 4.65. The van der Waals surface area contributed by atoms with Crippen molar-refractivity contribution in [3.05, 3.63) is 35.4 Å². The first kappa shape index (κ1) is 12.2. The van der Waals surface area contributed by atoms with Crippen LogP contribution in [0, 0.1) is 5.82 Å². The average Bonchev–Trinajstić information content (AvgIpc) is 2.77. The molecule has 2 rings (SSSR count). The number of pyridine rings is 1. The third-order valence-electron chi connectivity index (χ3n) is 2.12. The van der Waals surface area contributed by atoms with E-state index >= 15 is 0 Å². The molecule has 2 aromatic heterocycles. The Morgan fingerprint density at radius 1 is 1.28 bits per heavy atom. The van der Waals surface area contributed by atoms with Gasteiger partial charge in [0.25, 0.3) is 0 Å². The average molecular weight is 259 g/mol. The van der Waals surface area contributed by atoms with E-state index in [2.05, 4.69) is 10.1 Å². The number of aldehydes is 1. The lowest BCUT2D eigenvalue weighted by Crippen LogP contribution is -2.04. The molecule has 2 heterocycles. The molecule has 0 spiro atoms. The molecular formula is C10H5F4N3O. The van der Waals surface area contributed by atoms with Crippen LogP contribution in [0.2, 0.25) is 0 Å². The Kier molecular flexibility index (Phi) is 2.85. The summed E-state index contributed by atoms with van der Waals surface area (Å²) in [4.78, 5) is 13.9. The van der Waals surface area contributed by atoms with Gasteiger partial charge in [-0.05, 0) is 12.1 Å². The van der Waals surface area contributed by atoms with Gasteiger partial charge in [-0.2, -0.15) is 18.3 Å². The third kappa shape index (κ3) is 2.22. The summed E-state index contributed by atoms with van der Waals surface area (Å²) in [6, 6.07) is 1.52. The van der Waals surface area contributed by atoms with Gasteiger partial charge < -0.3 is 0 Å². The minimum atomic E-state index is -4.59. The summed E-state index contributed by atoms with van der Waals surface area (Å²) in [6.07, 6.45) is -3.16. The zero-order valence-corrected chi connectivity index (χ0v) is 8.62. The molecule has 0 atom stereocenters. The Hall–Kier alpha value is -2.25. The molecule has 0 unspecified atom stereocenters. The molecule has 2 aromatic rings. The molecule has 0 bridgehead atoms. The zero-order valence-electron chi connectivity index (χ0n) is 8.62. The molecule has 0 fully saturated rings. The van der Waals surface area contributed by atoms with Gasteiger partial charge in [-0.15, -0.1) is 0 Å². The SMILES string of the molecule is O=Cc1cnc(-c2cc(C(F)(F)F)[nH]n2)c(F)c1. The molecule has 0 aliphatic rings. The number of carbonyl (C=O) groups excluding carboxylic acids is 1. The summed E-state index contributed by atoms with van der Waals surface area (Å²) in [5.74, 6) is -0.917. The largest absolute Gasteiger partial charge is 0.432 e. The highest BCUT2D eigenvalue weighted by Crippen LogP contribution is 2.30. The van der Waals surface area contributed by atoms with E-state index in [0.29, 0.717) is 12.4 Å². The normalized spacial score (nSPS) is 11.6. The first-order valence-electron chi connectivity index (χ1n) is 4.65. The highest BCUT2D eigenvalue weighted by Gasteiger charge is 2.33. The van der Waals surface area contributed by atoms with Crippen LogP contribution in [0.3, 0.4) is 0 Å². The number of H-pyrrole nitrogens is 1. The molecule has 94 valence electrons. The van der Waals surface area contributed by atoms with Gasteiger partial charge in [0.15, 0.2) is 12.1 Å². The van der Waals surface area contributed by atoms with Gasteiger partial charge in [-0.1, -0.05) is 0 Å². The van der Waals surface area contributed by atoms with Gasteiger partial charge in [0.2, 0.25) is 0 Å². The first-order chi connectivity index (χ1) is 8.41. The van der Waals surface area contributed by atoms with Gasteiger partial charge in [-0.3, -0.25) is 14.9 Å². The van der Waals surface area contributed by atoms with Crippen LogP contribution in [0.5, 0.6) is 0 Å². The van der Waals surface area contributed by atoms with E-state index in [9.17, 15) is 22.4 Å². The predicted molar refractivity (Wildman–Crippen MR) is 52.2 cm³/mol. The van der Waals surface area contributed by atoms with Crippen LogP contribution < -0.4 is 0 Å². The fourth-order valence-corrected chi connectivity index (χ4v) is 1.29. The monoisotopic (exact) mass is 259 g/mol. The second kappa shape index (κ2) is 4.21. The Labute approximate surface area is 97.7 Å². The standard InChI is InChI=1S/C10H5F4N3O/c11-6-1-5(4-18)3-15-9(6)7-2-8(17-16-7)10(12,13)14/h1-4H,(H,16,17). The number of nitrogens with zero attached hydrogens (tertiary/aromatic N) is 2. The Bertz CT molecular complexity index is 591. The lowest BCUT2D eigenvalue weighted by molar-refractivity contribution is -0.141. The molecule has 0 aliphatic heterocycles. The Morgan fingerprint density at radius 3 is 2.50 bits per heavy atom. The second-order valence-corrected chi connectivity index (χ2v) is 3.38. The van der Waals surface area contributed by atoms with Crippen molar-refractivity contribution >= 4 is 6.29 Å². The number of rotatable bonds is 2. The Balaban J connectivity index is 2.43. The maximum Gasteiger partial charge on any atom is 0.432 e. The van der Waals surface area contributed by atoms with E-state index in [1.165, 1.54) is 0 Å². The highest BCUT2D eigenvalue weighted by molar-refractivity contribution is 5.75. The van der Waals surface area contributed by atoms with Crippen molar-refractivity contribution in [1.82, 2.24) is 15.2 Å². The van der Waals surface area contributed by atoms with Crippen LogP contribution >= 0.6 is 0 Å². The van der Waals surface area contributed by atoms with Gasteiger partial charge in [0.1, 0.15) is 17.1 Å². The van der Waals surface area contributed by atoms with Crippen molar-refractivity contribution in [2.24, 2.45) is 0 Å². The second-order valence-electron chi connectivity index (χ2n) is 3.38. The Morgan fingerprint density at radius 2 is 2.00 bits per heavy atom. The molecule has 18 heavy (non-hydrogen) atoms. The van der Waals surface area contributed by atoms with Crippen molar-refractivity contribution in [1.29, 1.82) is 0 Å². The van der Waals surface area contributed by atoms with Crippen molar-refractivity contribution in [2.45, 2.75) is 6.18 Å². The maximum absolute atomic E-state index is 13.5. The fourth-order valence-electron chi connectivity index (χ4n) is 1.29. The number of halogens is 4. The molecule has 0 saturated carbocycles. The minimum absolute atomic E-state index is 0.0113. The number of hydrogen-bond donors (Lipinski definition) is 1.